The van der Waals surface area contributed by atoms with Crippen LogP contribution >= 0.6 is 0 Å². The first-order valence-electron chi connectivity index (χ1n) is 12.9. The molecule has 0 bridgehead atoms. The monoisotopic (exact) mass is 520 g/mol. The molecule has 1 aliphatic rings. The summed E-state index contributed by atoms with van der Waals surface area (Å²) in [5.41, 5.74) is 16.8. The maximum atomic E-state index is 13.3. The Kier molecular flexibility index (Phi) is 6.20. The van der Waals surface area contributed by atoms with Crippen molar-refractivity contribution in [3.8, 4) is 27.9 Å². The van der Waals surface area contributed by atoms with Gasteiger partial charge in [0, 0.05) is 34.6 Å². The molecule has 0 radical (unpaired) electrons. The van der Waals surface area contributed by atoms with E-state index in [0.717, 1.165) is 48.0 Å². The predicted molar refractivity (Wildman–Crippen MR) is 150 cm³/mol. The molecule has 0 spiro atoms. The molecule has 1 fully saturated rings. The second kappa shape index (κ2) is 9.85. The lowest BCUT2D eigenvalue weighted by atomic mass is 9.85. The molecular weight excluding hydrogens is 492 g/mol. The topological polar surface area (TPSA) is 142 Å². The number of aliphatic hydroxyl groups excluding tert-OH is 1. The van der Waals surface area contributed by atoms with Crippen molar-refractivity contribution < 1.29 is 9.90 Å². The number of primary amides is 1. The first kappa shape index (κ1) is 24.6. The fourth-order valence-corrected chi connectivity index (χ4v) is 5.61. The number of nitrogens with zero attached hydrogens (tertiary/aromatic N) is 4. The average molecular weight is 521 g/mol. The summed E-state index contributed by atoms with van der Waals surface area (Å²) in [5, 5.41) is 14.5. The molecule has 5 N–H and O–H groups in total. The lowest BCUT2D eigenvalue weighted by molar-refractivity contribution is 0.0999. The zero-order valence-corrected chi connectivity index (χ0v) is 21.2. The van der Waals surface area contributed by atoms with E-state index in [-0.39, 0.29) is 17.6 Å². The third kappa shape index (κ3) is 4.36. The number of carbonyl (C=O) groups excluding carboxylic acids is 1. The molecule has 3 aromatic heterocycles. The number of aliphatic hydroxyl groups is 1. The third-order valence-electron chi connectivity index (χ3n) is 7.61. The van der Waals surface area contributed by atoms with Crippen LogP contribution in [0, 0.1) is 0 Å². The van der Waals surface area contributed by atoms with E-state index in [4.69, 9.17) is 11.5 Å². The van der Waals surface area contributed by atoms with Crippen LogP contribution in [0.2, 0.25) is 0 Å². The van der Waals surface area contributed by atoms with Gasteiger partial charge in [-0.1, -0.05) is 42.5 Å². The number of aromatic nitrogens is 4. The van der Waals surface area contributed by atoms with E-state index in [2.05, 4.69) is 16.1 Å². The van der Waals surface area contributed by atoms with Crippen LogP contribution in [0.25, 0.3) is 33.5 Å². The van der Waals surface area contributed by atoms with E-state index in [1.807, 2.05) is 47.0 Å². The van der Waals surface area contributed by atoms with Gasteiger partial charge in [0.1, 0.15) is 17.4 Å². The summed E-state index contributed by atoms with van der Waals surface area (Å²) >= 11 is 0. The zero-order chi connectivity index (χ0) is 27.1. The summed E-state index contributed by atoms with van der Waals surface area (Å²) in [6, 6.07) is 20.5. The smallest absolute Gasteiger partial charge is 0.268 e. The van der Waals surface area contributed by atoms with Crippen molar-refractivity contribution in [3.63, 3.8) is 0 Å². The number of carbonyl (C=O) groups is 1. The molecule has 0 saturated heterocycles. The van der Waals surface area contributed by atoms with Gasteiger partial charge in [-0.3, -0.25) is 14.2 Å². The van der Waals surface area contributed by atoms with Crippen molar-refractivity contribution in [1.82, 2.24) is 19.2 Å². The van der Waals surface area contributed by atoms with Gasteiger partial charge in [-0.05, 0) is 61.1 Å². The number of anilines is 1. The van der Waals surface area contributed by atoms with Crippen LogP contribution in [-0.2, 0) is 0 Å². The lowest BCUT2D eigenvalue weighted by Gasteiger charge is -2.24. The number of amides is 1. The highest BCUT2D eigenvalue weighted by Crippen LogP contribution is 2.39. The number of fused-ring (bicyclic) bond motifs is 1. The minimum absolute atomic E-state index is 0.0668. The molecule has 196 valence electrons. The Balaban J connectivity index is 1.41. The molecule has 0 aliphatic heterocycles. The number of nitrogens with two attached hydrogens (primary N) is 2. The Morgan fingerprint density at radius 3 is 2.26 bits per heavy atom. The fourth-order valence-electron chi connectivity index (χ4n) is 5.61. The first-order valence-corrected chi connectivity index (χ1v) is 12.9. The molecule has 1 amide bonds. The Morgan fingerprint density at radius 2 is 1.59 bits per heavy atom. The van der Waals surface area contributed by atoms with Gasteiger partial charge in [0.25, 0.3) is 11.5 Å². The number of rotatable bonds is 5. The fraction of sp³-hybridized carbons (Fsp3) is 0.200. The van der Waals surface area contributed by atoms with Crippen molar-refractivity contribution in [2.24, 2.45) is 5.73 Å². The molecule has 9 nitrogen and oxygen atoms in total. The molecule has 1 saturated carbocycles. The van der Waals surface area contributed by atoms with Crippen LogP contribution < -0.4 is 17.0 Å². The minimum Gasteiger partial charge on any atom is -0.393 e. The molecule has 6 rings (SSSR count). The molecule has 39 heavy (non-hydrogen) atoms. The summed E-state index contributed by atoms with van der Waals surface area (Å²) in [5.74, 6) is -0.140. The number of hydrogen-bond acceptors (Lipinski definition) is 6. The van der Waals surface area contributed by atoms with E-state index in [0.29, 0.717) is 22.6 Å². The lowest BCUT2D eigenvalue weighted by Crippen LogP contribution is -2.29. The summed E-state index contributed by atoms with van der Waals surface area (Å²) in [7, 11) is 0. The van der Waals surface area contributed by atoms with Crippen LogP contribution in [0.5, 0.6) is 0 Å². The van der Waals surface area contributed by atoms with E-state index in [9.17, 15) is 14.7 Å². The van der Waals surface area contributed by atoms with Gasteiger partial charge >= 0.3 is 0 Å². The van der Waals surface area contributed by atoms with Crippen molar-refractivity contribution in [3.05, 3.63) is 101 Å². The average Bonchev–Trinajstić information content (AvgIpc) is 3.34. The number of para-hydroxylation sites is 1. The molecule has 0 atom stereocenters. The van der Waals surface area contributed by atoms with Gasteiger partial charge in [-0.2, -0.15) is 5.10 Å². The highest BCUT2D eigenvalue weighted by molar-refractivity contribution is 5.99. The second-order valence-corrected chi connectivity index (χ2v) is 9.95. The standard InChI is InChI=1S/C30H28N6O3/c31-28-27-24(16-25(36(27)34-17-33-28)20-10-12-22(37)13-11-20)19-8-6-18(7-9-19)23-14-15-35(21-4-2-1-3-5-21)30(39)26(23)29(32)38/h1-9,14-17,20,22,37H,10-13H2,(H2,32,38)(H2,31,33,34)/t20-,22+. The van der Waals surface area contributed by atoms with Gasteiger partial charge in [-0.15, -0.1) is 0 Å². The van der Waals surface area contributed by atoms with E-state index < -0.39 is 11.5 Å². The van der Waals surface area contributed by atoms with Gasteiger partial charge in [0.15, 0.2) is 5.82 Å². The molecule has 2 aromatic carbocycles. The van der Waals surface area contributed by atoms with E-state index >= 15 is 0 Å². The maximum Gasteiger partial charge on any atom is 0.268 e. The Labute approximate surface area is 224 Å². The van der Waals surface area contributed by atoms with Crippen molar-refractivity contribution in [1.29, 1.82) is 0 Å². The zero-order valence-electron chi connectivity index (χ0n) is 21.2. The van der Waals surface area contributed by atoms with E-state index in [1.165, 1.54) is 10.9 Å². The van der Waals surface area contributed by atoms with Crippen LogP contribution in [0.15, 0.2) is 84.0 Å². The highest BCUT2D eigenvalue weighted by Gasteiger charge is 2.26. The largest absolute Gasteiger partial charge is 0.393 e. The van der Waals surface area contributed by atoms with E-state index in [1.54, 1.807) is 24.4 Å². The molecule has 9 heteroatoms. The van der Waals surface area contributed by atoms with Gasteiger partial charge < -0.3 is 16.6 Å². The SMILES string of the molecule is NC(=O)c1c(-c2ccc(-c3cc([C@H]4CC[C@@H](O)CC4)n4ncnc(N)c34)cc2)ccn(-c2ccccc2)c1=O. The Morgan fingerprint density at radius 1 is 0.923 bits per heavy atom. The van der Waals surface area contributed by atoms with Crippen LogP contribution in [0.1, 0.15) is 47.7 Å². The normalized spacial score (nSPS) is 17.4. The molecular formula is C30H28N6O3. The summed E-state index contributed by atoms with van der Waals surface area (Å²) < 4.78 is 3.28. The number of hydrogen-bond donors (Lipinski definition) is 3. The predicted octanol–water partition coefficient (Wildman–Crippen LogP) is 3.91. The number of nitrogen functional groups attached to an aromatic ring is 1. The summed E-state index contributed by atoms with van der Waals surface area (Å²) in [6.45, 7) is 0. The minimum atomic E-state index is -0.782. The molecule has 1 aliphatic carbocycles. The number of pyridine rings is 1. The van der Waals surface area contributed by atoms with Crippen molar-refractivity contribution in [2.75, 3.05) is 5.73 Å². The van der Waals surface area contributed by atoms with Crippen LogP contribution in [0.3, 0.4) is 0 Å². The van der Waals surface area contributed by atoms with Crippen molar-refractivity contribution >= 4 is 17.2 Å². The highest BCUT2D eigenvalue weighted by atomic mass is 16.3. The molecule has 3 heterocycles. The van der Waals surface area contributed by atoms with Gasteiger partial charge in [0.2, 0.25) is 0 Å². The van der Waals surface area contributed by atoms with Crippen LogP contribution in [-0.4, -0.2) is 36.3 Å². The molecule has 0 unspecified atom stereocenters. The Bertz CT molecular complexity index is 1730. The summed E-state index contributed by atoms with van der Waals surface area (Å²) in [6.07, 6.45) is 6.13. The quantitative estimate of drug-likeness (QED) is 0.321. The summed E-state index contributed by atoms with van der Waals surface area (Å²) in [4.78, 5) is 29.9. The van der Waals surface area contributed by atoms with Gasteiger partial charge in [-0.25, -0.2) is 9.50 Å². The van der Waals surface area contributed by atoms with Crippen molar-refractivity contribution in [2.45, 2.75) is 37.7 Å². The third-order valence-corrected chi connectivity index (χ3v) is 7.61. The number of benzene rings is 2. The molecule has 5 aromatic rings. The van der Waals surface area contributed by atoms with Gasteiger partial charge in [0.05, 0.1) is 6.10 Å². The second-order valence-electron chi connectivity index (χ2n) is 9.95. The van der Waals surface area contributed by atoms with Crippen LogP contribution in [0.4, 0.5) is 5.82 Å². The first-order chi connectivity index (χ1) is 18.9. The Hall–Kier alpha value is -4.76. The maximum absolute atomic E-state index is 13.3.